The van der Waals surface area contributed by atoms with Crippen LogP contribution >= 0.6 is 141 Å². The van der Waals surface area contributed by atoms with E-state index in [0.29, 0.717) is 39.6 Å². The van der Waals surface area contributed by atoms with Crippen LogP contribution in [-0.2, 0) is 56.8 Å². The average Bonchev–Trinajstić information content (AvgIpc) is 3.34. The summed E-state index contributed by atoms with van der Waals surface area (Å²) < 4.78 is 73.6. The molecule has 11 aliphatic rings. The number of rotatable bonds is 0. The third kappa shape index (κ3) is 22.9. The highest BCUT2D eigenvalue weighted by Crippen LogP contribution is 2.30. The van der Waals surface area contributed by atoms with Crippen molar-refractivity contribution in [2.24, 2.45) is 0 Å². The molecule has 384 valence electrons. The minimum absolute atomic E-state index is 0.0452. The number of fused-ring (bicyclic) bond motifs is 3. The van der Waals surface area contributed by atoms with Crippen molar-refractivity contribution in [3.8, 4) is 0 Å². The maximum absolute atomic E-state index is 6.22. The summed E-state index contributed by atoms with van der Waals surface area (Å²) in [6.07, 6.45) is -1.39. The van der Waals surface area contributed by atoms with Crippen molar-refractivity contribution < 1.29 is 56.8 Å². The molecular weight excluding hydrogens is 1080 g/mol. The predicted molar refractivity (Wildman–Crippen MR) is 296 cm³/mol. The van der Waals surface area contributed by atoms with Crippen LogP contribution in [-0.4, -0.2) is 252 Å². The van der Waals surface area contributed by atoms with Gasteiger partial charge in [0.05, 0.1) is 39.6 Å². The Morgan fingerprint density at radius 2 is 0.318 bits per heavy atom. The Bertz CT molecular complexity index is 1020. The van der Waals surface area contributed by atoms with Gasteiger partial charge >= 0.3 is 0 Å². The lowest BCUT2D eigenvalue weighted by atomic mass is 10.2. The van der Waals surface area contributed by atoms with Crippen LogP contribution in [0.25, 0.3) is 0 Å². The van der Waals surface area contributed by atoms with Crippen LogP contribution in [0, 0.1) is 0 Å². The number of ether oxygens (including phenoxy) is 12. The summed E-state index contributed by atoms with van der Waals surface area (Å²) in [5, 5.41) is 0. The maximum Gasteiger partial charge on any atom is 0.167 e. The maximum atomic E-state index is 6.22. The van der Waals surface area contributed by atoms with Gasteiger partial charge in [-0.3, -0.25) is 0 Å². The van der Waals surface area contributed by atoms with E-state index in [2.05, 4.69) is 0 Å². The molecule has 0 saturated carbocycles. The summed E-state index contributed by atoms with van der Waals surface area (Å²) in [6, 6.07) is 0. The van der Waals surface area contributed by atoms with Gasteiger partial charge in [0.1, 0.15) is 36.6 Å². The van der Waals surface area contributed by atoms with Crippen molar-refractivity contribution in [3.63, 3.8) is 0 Å². The minimum Gasteiger partial charge on any atom is -0.349 e. The smallest absolute Gasteiger partial charge is 0.167 e. The minimum atomic E-state index is -0.187. The van der Waals surface area contributed by atoms with Crippen LogP contribution in [0.2, 0.25) is 0 Å². The molecule has 12 nitrogen and oxygen atoms in total. The van der Waals surface area contributed by atoms with Gasteiger partial charge in [0.2, 0.25) is 0 Å². The van der Waals surface area contributed by atoms with Gasteiger partial charge in [-0.15, -0.1) is 0 Å². The van der Waals surface area contributed by atoms with E-state index in [1.807, 2.05) is 141 Å². The van der Waals surface area contributed by atoms with E-state index in [9.17, 15) is 0 Å². The van der Waals surface area contributed by atoms with E-state index in [0.717, 1.165) is 104 Å². The highest BCUT2D eigenvalue weighted by molar-refractivity contribution is 8.06. The van der Waals surface area contributed by atoms with E-state index < -0.39 is 0 Å². The summed E-state index contributed by atoms with van der Waals surface area (Å²) in [4.78, 5) is 0. The molecule has 12 bridgehead atoms. The Kier molecular flexibility index (Phi) is 31.2. The molecule has 0 spiro atoms. The third-order valence-corrected chi connectivity index (χ3v) is 25.0. The highest BCUT2D eigenvalue weighted by atomic mass is 32.2. The van der Waals surface area contributed by atoms with Crippen LogP contribution in [0.5, 0.6) is 0 Å². The molecule has 0 aromatic carbocycles. The predicted octanol–water partition coefficient (Wildman–Crippen LogP) is 7.25. The molecule has 0 amide bonds. The molecule has 11 aliphatic heterocycles. The van der Waals surface area contributed by atoms with E-state index in [4.69, 9.17) is 56.8 Å². The van der Waals surface area contributed by atoms with Crippen LogP contribution < -0.4 is 0 Å². The molecule has 0 radical (unpaired) electrons. The molecule has 66 heavy (non-hydrogen) atoms. The van der Waals surface area contributed by atoms with E-state index in [1.54, 1.807) is 0 Å². The monoisotopic (exact) mass is 1150 g/mol. The fourth-order valence-electron chi connectivity index (χ4n) is 7.30. The first-order valence-electron chi connectivity index (χ1n) is 23.3. The highest BCUT2D eigenvalue weighted by Gasteiger charge is 2.41. The summed E-state index contributed by atoms with van der Waals surface area (Å²) in [6.45, 7) is 3.47. The van der Waals surface area contributed by atoms with E-state index in [-0.39, 0.29) is 74.4 Å². The second-order valence-corrected chi connectivity index (χ2v) is 30.0. The average molecular weight is 1150 g/mol. The Hall–Kier alpha value is 3.72. The summed E-state index contributed by atoms with van der Waals surface area (Å²) >= 11 is 23.7. The summed E-state index contributed by atoms with van der Waals surface area (Å²) in [5.74, 6) is 25.6. The first-order valence-corrected chi connectivity index (χ1v) is 37.2. The largest absolute Gasteiger partial charge is 0.349 e. The summed E-state index contributed by atoms with van der Waals surface area (Å²) in [5.41, 5.74) is 0. The molecular formula is C42H72O12S12. The lowest BCUT2D eigenvalue weighted by Gasteiger charge is -2.41. The lowest BCUT2D eigenvalue weighted by Crippen LogP contribution is -2.54. The Morgan fingerprint density at radius 1 is 0.182 bits per heavy atom. The number of hydrogen-bond acceptors (Lipinski definition) is 24. The molecule has 24 heteroatoms. The molecule has 12 atom stereocenters. The van der Waals surface area contributed by atoms with Gasteiger partial charge in [-0.25, -0.2) is 0 Å². The Morgan fingerprint density at radius 3 is 0.470 bits per heavy atom. The Labute approximate surface area is 446 Å². The van der Waals surface area contributed by atoms with Crippen LogP contribution in [0.3, 0.4) is 0 Å². The first-order chi connectivity index (χ1) is 32.7. The zero-order valence-corrected chi connectivity index (χ0v) is 47.7. The van der Waals surface area contributed by atoms with Crippen molar-refractivity contribution >= 4 is 141 Å². The second kappa shape index (κ2) is 35.9. The molecule has 11 fully saturated rings. The van der Waals surface area contributed by atoms with Gasteiger partial charge in [0.25, 0.3) is 0 Å². The van der Waals surface area contributed by atoms with Crippen molar-refractivity contribution in [2.75, 3.05) is 178 Å². The standard InChI is InChI=1S/C42H72O12S12/c1-2-56-8-14-62-26-38-44-21-34-33(50-38)22-46-40(52-34)28-64-16-10-58-5-6-60-12-18-66-30-42-48-24-35-36(54-42)23-47-41(53-35)29-65-17-11-59-4-3-57-9-15-63-27-39-45-20-31-32(51-39)19-43-37(49-31)25-61-13-7-55-1/h31-42H,1-30H2. The van der Waals surface area contributed by atoms with Crippen molar-refractivity contribution in [1.29, 1.82) is 0 Å². The molecule has 0 N–H and O–H groups in total. The van der Waals surface area contributed by atoms with Gasteiger partial charge in [0.15, 0.2) is 37.7 Å². The molecule has 0 aromatic rings. The van der Waals surface area contributed by atoms with E-state index >= 15 is 0 Å². The number of thioether (sulfide) groups is 12. The van der Waals surface area contributed by atoms with Crippen LogP contribution in [0.1, 0.15) is 0 Å². The Balaban J connectivity index is 0.728. The van der Waals surface area contributed by atoms with Crippen molar-refractivity contribution in [3.05, 3.63) is 0 Å². The number of hydrogen-bond donors (Lipinski definition) is 0. The fraction of sp³-hybridized carbons (Fsp3) is 1.00. The van der Waals surface area contributed by atoms with Crippen LogP contribution in [0.4, 0.5) is 0 Å². The van der Waals surface area contributed by atoms with Gasteiger partial charge in [0, 0.05) is 138 Å². The van der Waals surface area contributed by atoms with Gasteiger partial charge in [-0.1, -0.05) is 0 Å². The molecule has 11 saturated heterocycles. The van der Waals surface area contributed by atoms with Gasteiger partial charge in [-0.05, 0) is 0 Å². The normalized spacial score (nSPS) is 39.3. The zero-order valence-electron chi connectivity index (χ0n) is 37.9. The second-order valence-electron chi connectivity index (χ2n) is 15.7. The van der Waals surface area contributed by atoms with E-state index in [1.165, 1.54) is 34.5 Å². The van der Waals surface area contributed by atoms with Crippen molar-refractivity contribution in [2.45, 2.75) is 74.4 Å². The fourth-order valence-corrected chi connectivity index (χ4v) is 20.2. The SMILES string of the molecule is C1CSCCSCC2OCC3OC(CSCCSCCSCCSCC4OCC5OC(CSCCSCCSCCSCC6OCC7OC(CSCCS1)OCC7O6)OCC5O4)OCC3O2. The molecule has 11 rings (SSSR count). The van der Waals surface area contributed by atoms with Gasteiger partial charge < -0.3 is 56.8 Å². The van der Waals surface area contributed by atoms with Gasteiger partial charge in [-0.2, -0.15) is 141 Å². The molecule has 12 unspecified atom stereocenters. The van der Waals surface area contributed by atoms with Crippen molar-refractivity contribution in [1.82, 2.24) is 0 Å². The molecule has 11 heterocycles. The topological polar surface area (TPSA) is 111 Å². The third-order valence-electron chi connectivity index (χ3n) is 10.8. The zero-order chi connectivity index (χ0) is 45.1. The quantitative estimate of drug-likeness (QED) is 0.243. The summed E-state index contributed by atoms with van der Waals surface area (Å²) in [7, 11) is 0. The molecule has 0 aromatic heterocycles. The van der Waals surface area contributed by atoms with Crippen LogP contribution in [0.15, 0.2) is 0 Å². The lowest BCUT2D eigenvalue weighted by molar-refractivity contribution is -0.326. The molecule has 0 aliphatic carbocycles. The first kappa shape index (κ1) is 57.4.